The highest BCUT2D eigenvalue weighted by molar-refractivity contribution is 5.70. The van der Waals surface area contributed by atoms with Gasteiger partial charge in [0.1, 0.15) is 0 Å². The number of esters is 1. The summed E-state index contributed by atoms with van der Waals surface area (Å²) >= 11 is 0. The van der Waals surface area contributed by atoms with E-state index in [1.807, 2.05) is 13.8 Å². The Morgan fingerprint density at radius 1 is 1.31 bits per heavy atom. The molecule has 0 bridgehead atoms. The van der Waals surface area contributed by atoms with Crippen LogP contribution in [0.5, 0.6) is 0 Å². The van der Waals surface area contributed by atoms with E-state index in [0.29, 0.717) is 12.3 Å². The highest BCUT2D eigenvalue weighted by Crippen LogP contribution is 2.33. The summed E-state index contributed by atoms with van der Waals surface area (Å²) in [7, 11) is 3.05. The van der Waals surface area contributed by atoms with E-state index in [-0.39, 0.29) is 11.9 Å². The van der Waals surface area contributed by atoms with Crippen molar-refractivity contribution in [2.24, 2.45) is 11.8 Å². The summed E-state index contributed by atoms with van der Waals surface area (Å²) in [5, 5.41) is 0. The van der Waals surface area contributed by atoms with Gasteiger partial charge in [0, 0.05) is 13.0 Å². The molecular formula is C13H24O3. The normalized spacial score (nSPS) is 13.7. The SMILES string of the molecule is C=C(C(C)C)C(CC(=O)OC)C(C)(C)OC. The van der Waals surface area contributed by atoms with E-state index in [4.69, 9.17) is 9.47 Å². The Morgan fingerprint density at radius 3 is 2.12 bits per heavy atom. The molecule has 0 aromatic carbocycles. The van der Waals surface area contributed by atoms with Crippen LogP contribution in [-0.2, 0) is 14.3 Å². The van der Waals surface area contributed by atoms with Crippen LogP contribution in [0.1, 0.15) is 34.1 Å². The fourth-order valence-corrected chi connectivity index (χ4v) is 1.62. The summed E-state index contributed by atoms with van der Waals surface area (Å²) in [6, 6.07) is 0. The van der Waals surface area contributed by atoms with Crippen LogP contribution in [0.15, 0.2) is 12.2 Å². The Labute approximate surface area is 98.8 Å². The molecule has 3 heteroatoms. The maximum absolute atomic E-state index is 11.4. The lowest BCUT2D eigenvalue weighted by atomic mass is 9.78. The number of carbonyl (C=O) groups is 1. The Kier molecular flexibility index (Phi) is 5.73. The average molecular weight is 228 g/mol. The van der Waals surface area contributed by atoms with Crippen molar-refractivity contribution < 1.29 is 14.3 Å². The summed E-state index contributed by atoms with van der Waals surface area (Å²) in [5.41, 5.74) is 0.618. The lowest BCUT2D eigenvalue weighted by molar-refractivity contribution is -0.144. The predicted octanol–water partition coefficient (Wildman–Crippen LogP) is 2.80. The molecule has 0 saturated carbocycles. The molecule has 0 radical (unpaired) electrons. The number of hydrogen-bond donors (Lipinski definition) is 0. The van der Waals surface area contributed by atoms with Gasteiger partial charge in [0.2, 0.25) is 0 Å². The van der Waals surface area contributed by atoms with Crippen molar-refractivity contribution in [3.63, 3.8) is 0 Å². The summed E-state index contributed by atoms with van der Waals surface area (Å²) < 4.78 is 10.2. The van der Waals surface area contributed by atoms with Crippen molar-refractivity contribution >= 4 is 5.97 Å². The maximum atomic E-state index is 11.4. The van der Waals surface area contributed by atoms with Gasteiger partial charge in [0.05, 0.1) is 19.1 Å². The molecule has 0 fully saturated rings. The first kappa shape index (κ1) is 15.2. The van der Waals surface area contributed by atoms with Crippen LogP contribution in [0.3, 0.4) is 0 Å². The van der Waals surface area contributed by atoms with Crippen LogP contribution >= 0.6 is 0 Å². The molecular weight excluding hydrogens is 204 g/mol. The monoisotopic (exact) mass is 228 g/mol. The molecule has 0 aromatic heterocycles. The number of methoxy groups -OCH3 is 2. The molecule has 1 atom stereocenters. The van der Waals surface area contributed by atoms with Gasteiger partial charge in [-0.15, -0.1) is 0 Å². The van der Waals surface area contributed by atoms with E-state index in [0.717, 1.165) is 5.57 Å². The highest BCUT2D eigenvalue weighted by Gasteiger charge is 2.34. The molecule has 0 aromatic rings. The summed E-state index contributed by atoms with van der Waals surface area (Å²) in [6.07, 6.45) is 0.314. The quantitative estimate of drug-likeness (QED) is 0.518. The summed E-state index contributed by atoms with van der Waals surface area (Å²) in [4.78, 5) is 11.4. The summed E-state index contributed by atoms with van der Waals surface area (Å²) in [5.74, 6) is 0.0750. The smallest absolute Gasteiger partial charge is 0.306 e. The average Bonchev–Trinajstić information content (AvgIpc) is 2.24. The van der Waals surface area contributed by atoms with E-state index in [2.05, 4.69) is 20.4 Å². The zero-order valence-corrected chi connectivity index (χ0v) is 11.3. The predicted molar refractivity (Wildman–Crippen MR) is 65.2 cm³/mol. The topological polar surface area (TPSA) is 35.5 Å². The molecule has 0 heterocycles. The van der Waals surface area contributed by atoms with Crippen LogP contribution in [0, 0.1) is 11.8 Å². The van der Waals surface area contributed by atoms with Gasteiger partial charge in [-0.1, -0.05) is 26.0 Å². The fraction of sp³-hybridized carbons (Fsp3) is 0.769. The van der Waals surface area contributed by atoms with E-state index < -0.39 is 5.60 Å². The van der Waals surface area contributed by atoms with Gasteiger partial charge in [-0.25, -0.2) is 0 Å². The molecule has 0 amide bonds. The molecule has 3 nitrogen and oxygen atoms in total. The van der Waals surface area contributed by atoms with E-state index in [1.165, 1.54) is 7.11 Å². The first-order chi connectivity index (χ1) is 7.26. The van der Waals surface area contributed by atoms with Crippen LogP contribution in [0.2, 0.25) is 0 Å². The van der Waals surface area contributed by atoms with Crippen LogP contribution in [0.4, 0.5) is 0 Å². The molecule has 0 aliphatic rings. The number of carbonyl (C=O) groups excluding carboxylic acids is 1. The van der Waals surface area contributed by atoms with Crippen molar-refractivity contribution in [3.05, 3.63) is 12.2 Å². The number of ether oxygens (including phenoxy) is 2. The minimum atomic E-state index is -0.407. The summed E-state index contributed by atoms with van der Waals surface area (Å²) in [6.45, 7) is 12.1. The zero-order valence-electron chi connectivity index (χ0n) is 11.3. The van der Waals surface area contributed by atoms with Gasteiger partial charge in [-0.3, -0.25) is 4.79 Å². The highest BCUT2D eigenvalue weighted by atomic mass is 16.5. The minimum Gasteiger partial charge on any atom is -0.469 e. The molecule has 0 N–H and O–H groups in total. The third kappa shape index (κ3) is 3.97. The molecule has 0 aliphatic heterocycles. The molecule has 0 aliphatic carbocycles. The second-order valence-electron chi connectivity index (χ2n) is 4.87. The van der Waals surface area contributed by atoms with Crippen LogP contribution in [0.25, 0.3) is 0 Å². The molecule has 94 valence electrons. The number of rotatable bonds is 6. The second-order valence-corrected chi connectivity index (χ2v) is 4.87. The first-order valence-electron chi connectivity index (χ1n) is 5.56. The first-order valence-corrected chi connectivity index (χ1v) is 5.56. The third-order valence-corrected chi connectivity index (χ3v) is 3.15. The van der Waals surface area contributed by atoms with E-state index in [9.17, 15) is 4.79 Å². The molecule has 0 saturated heterocycles. The van der Waals surface area contributed by atoms with Gasteiger partial charge < -0.3 is 9.47 Å². The van der Waals surface area contributed by atoms with Crippen molar-refractivity contribution in [1.82, 2.24) is 0 Å². The fourth-order valence-electron chi connectivity index (χ4n) is 1.62. The van der Waals surface area contributed by atoms with Gasteiger partial charge in [-0.2, -0.15) is 0 Å². The van der Waals surface area contributed by atoms with E-state index >= 15 is 0 Å². The lowest BCUT2D eigenvalue weighted by Gasteiger charge is -2.35. The standard InChI is InChI=1S/C13H24O3/c1-9(2)10(3)11(8-12(14)15-6)13(4,5)16-7/h9,11H,3,8H2,1-2,4-7H3. The van der Waals surface area contributed by atoms with Crippen molar-refractivity contribution in [1.29, 1.82) is 0 Å². The van der Waals surface area contributed by atoms with Crippen molar-refractivity contribution in [2.45, 2.75) is 39.7 Å². The zero-order chi connectivity index (χ0) is 12.9. The third-order valence-electron chi connectivity index (χ3n) is 3.15. The van der Waals surface area contributed by atoms with Gasteiger partial charge in [-0.05, 0) is 19.8 Å². The second kappa shape index (κ2) is 6.04. The Morgan fingerprint density at radius 2 is 1.81 bits per heavy atom. The molecule has 1 unspecified atom stereocenters. The van der Waals surface area contributed by atoms with Crippen molar-refractivity contribution in [2.75, 3.05) is 14.2 Å². The van der Waals surface area contributed by atoms with Crippen molar-refractivity contribution in [3.8, 4) is 0 Å². The van der Waals surface area contributed by atoms with E-state index in [1.54, 1.807) is 7.11 Å². The lowest BCUT2D eigenvalue weighted by Crippen LogP contribution is -2.37. The minimum absolute atomic E-state index is 0.0232. The maximum Gasteiger partial charge on any atom is 0.306 e. The molecule has 16 heavy (non-hydrogen) atoms. The van der Waals surface area contributed by atoms with Gasteiger partial charge >= 0.3 is 5.97 Å². The largest absolute Gasteiger partial charge is 0.469 e. The van der Waals surface area contributed by atoms with Crippen LogP contribution in [-0.4, -0.2) is 25.8 Å². The molecule has 0 spiro atoms. The van der Waals surface area contributed by atoms with Gasteiger partial charge in [0.15, 0.2) is 0 Å². The number of hydrogen-bond acceptors (Lipinski definition) is 3. The Bertz CT molecular complexity index is 254. The Hall–Kier alpha value is -0.830. The van der Waals surface area contributed by atoms with Crippen LogP contribution < -0.4 is 0 Å². The molecule has 0 rings (SSSR count). The van der Waals surface area contributed by atoms with Gasteiger partial charge in [0.25, 0.3) is 0 Å². The Balaban J connectivity index is 4.91.